The zero-order valence-corrected chi connectivity index (χ0v) is 52.0. The average molecular weight is 1260 g/mol. The molecule has 20 rings (SSSR count). The fraction of sp³-hybridized carbons (Fsp3) is 0.0115. The van der Waals surface area contributed by atoms with Gasteiger partial charge in [-0.15, -0.1) is 0 Å². The second kappa shape index (κ2) is 20.6. The van der Waals surface area contributed by atoms with E-state index in [1.54, 1.807) is 0 Å². The van der Waals surface area contributed by atoms with Crippen LogP contribution in [0.25, 0.3) is 181 Å². The van der Waals surface area contributed by atoms with Crippen molar-refractivity contribution in [2.75, 3.05) is 0 Å². The number of halogens is 3. The van der Waals surface area contributed by atoms with Gasteiger partial charge in [-0.2, -0.15) is 18.4 Å². The summed E-state index contributed by atoms with van der Waals surface area (Å²) in [5, 5.41) is 23.7. The minimum absolute atomic E-state index is 0.155. The topological polar surface area (TPSA) is 57.7 Å². The Morgan fingerprint density at radius 1 is 0.276 bits per heavy atom. The van der Waals surface area contributed by atoms with Crippen LogP contribution in [-0.4, -0.2) is 27.4 Å². The van der Waals surface area contributed by atoms with Crippen molar-refractivity contribution in [1.29, 1.82) is 5.26 Å². The maximum atomic E-state index is 14.7. The Morgan fingerprint density at radius 3 is 0.806 bits per heavy atom. The SMILES string of the molecule is [C-]#[N+]c1cc(-n2c3ccc(-n4c5ccccc5c5ccccc54)cc3c3cc(-n4c5ccccc5c5ccccc54)ccc32)c(-n2c3ccc(-n4c5ccccc5c5ccccc54)cc3c3cc(-n4c5ccccc5c5ccccc54)ccc32)cc1-c1ccc(C(F)(F)F)cc1C#N. The number of rotatable bonds is 7. The molecule has 6 heterocycles. The number of benzene rings is 14. The van der Waals surface area contributed by atoms with Gasteiger partial charge in [0.1, 0.15) is 0 Å². The number of para-hydroxylation sites is 8. The molecule has 458 valence electrons. The van der Waals surface area contributed by atoms with Gasteiger partial charge in [0, 0.05) is 87.4 Å². The molecule has 0 atom stereocenters. The Bertz CT molecular complexity index is 6410. The van der Waals surface area contributed by atoms with E-state index in [-0.39, 0.29) is 16.8 Å². The molecule has 0 unspecified atom stereocenters. The summed E-state index contributed by atoms with van der Waals surface area (Å²) in [6.45, 7) is 9.09. The number of nitriles is 1. The predicted molar refractivity (Wildman–Crippen MR) is 394 cm³/mol. The van der Waals surface area contributed by atoms with Crippen molar-refractivity contribution in [3.63, 3.8) is 0 Å². The third-order valence-corrected chi connectivity index (χ3v) is 20.3. The summed E-state index contributed by atoms with van der Waals surface area (Å²) in [5.74, 6) is 0. The minimum atomic E-state index is -4.72. The van der Waals surface area contributed by atoms with E-state index in [2.05, 4.69) is 305 Å². The van der Waals surface area contributed by atoms with E-state index in [9.17, 15) is 18.4 Å². The van der Waals surface area contributed by atoms with Crippen molar-refractivity contribution in [2.45, 2.75) is 6.18 Å². The molecular formula is C87H49F3N8. The molecule has 0 radical (unpaired) electrons. The van der Waals surface area contributed by atoms with Gasteiger partial charge in [-0.3, -0.25) is 0 Å². The van der Waals surface area contributed by atoms with Crippen LogP contribution in [0, 0.1) is 17.9 Å². The summed E-state index contributed by atoms with van der Waals surface area (Å²) in [5.41, 5.74) is 16.5. The van der Waals surface area contributed by atoms with Gasteiger partial charge in [0.25, 0.3) is 0 Å². The first-order valence-electron chi connectivity index (χ1n) is 32.5. The van der Waals surface area contributed by atoms with E-state index in [0.717, 1.165) is 166 Å². The van der Waals surface area contributed by atoms with Gasteiger partial charge in [-0.05, 0) is 157 Å². The van der Waals surface area contributed by atoms with Gasteiger partial charge < -0.3 is 27.4 Å². The highest BCUT2D eigenvalue weighted by Crippen LogP contribution is 2.48. The van der Waals surface area contributed by atoms with Crippen molar-refractivity contribution < 1.29 is 13.2 Å². The van der Waals surface area contributed by atoms with Crippen molar-refractivity contribution in [3.05, 3.63) is 320 Å². The van der Waals surface area contributed by atoms with Gasteiger partial charge in [-0.25, -0.2) is 4.85 Å². The van der Waals surface area contributed by atoms with Crippen LogP contribution >= 0.6 is 0 Å². The maximum Gasteiger partial charge on any atom is 0.416 e. The van der Waals surface area contributed by atoms with Crippen molar-refractivity contribution in [2.24, 2.45) is 0 Å². The Morgan fingerprint density at radius 2 is 0.541 bits per heavy atom. The van der Waals surface area contributed by atoms with Crippen molar-refractivity contribution >= 4 is 137 Å². The van der Waals surface area contributed by atoms with Gasteiger partial charge >= 0.3 is 6.18 Å². The molecule has 0 fully saturated rings. The standard InChI is InChI=1S/C87H49F3N8/c1-92-72-50-86(98-83-42-37-56(95-77-30-14-6-22-63(77)64-23-7-15-31-78(64)95)47-70(83)71-48-57(38-43-84(71)98)96-79-32-16-8-24-65(79)66-25-9-17-33-80(66)96)85(49-67(72)58-39-34-53(87(88,89)90)44-52(58)51-91)97-81-40-35-54(93-73-26-10-2-18-59(73)60-19-3-11-27-74(60)93)45-68(81)69-46-55(36-41-82(69)97)94-75-28-12-4-20-61(75)62-21-5-13-29-76(62)94/h2-50H. The summed E-state index contributed by atoms with van der Waals surface area (Å²) in [7, 11) is 0. The fourth-order valence-electron chi connectivity index (χ4n) is 16.2. The first-order valence-corrected chi connectivity index (χ1v) is 32.5. The highest BCUT2D eigenvalue weighted by Gasteiger charge is 2.32. The van der Waals surface area contributed by atoms with E-state index in [4.69, 9.17) is 6.57 Å². The molecule has 6 aromatic heterocycles. The van der Waals surface area contributed by atoms with Crippen LogP contribution in [0.15, 0.2) is 297 Å². The Hall–Kier alpha value is -13.4. The minimum Gasteiger partial charge on any atom is -0.309 e. The van der Waals surface area contributed by atoms with E-state index in [1.807, 2.05) is 12.1 Å². The molecule has 0 aliphatic rings. The quantitative estimate of drug-likeness (QED) is 0.147. The number of aromatic nitrogens is 6. The molecule has 14 aromatic carbocycles. The second-order valence-electron chi connectivity index (χ2n) is 25.3. The Kier molecular flexibility index (Phi) is 11.6. The van der Waals surface area contributed by atoms with Crippen LogP contribution < -0.4 is 0 Å². The van der Waals surface area contributed by atoms with Gasteiger partial charge in [-0.1, -0.05) is 152 Å². The molecule has 0 spiro atoms. The van der Waals surface area contributed by atoms with Crippen LogP contribution in [0.2, 0.25) is 0 Å². The van der Waals surface area contributed by atoms with Crippen LogP contribution in [0.5, 0.6) is 0 Å². The van der Waals surface area contributed by atoms with Crippen LogP contribution in [0.1, 0.15) is 11.1 Å². The van der Waals surface area contributed by atoms with E-state index in [0.29, 0.717) is 16.9 Å². The van der Waals surface area contributed by atoms with Crippen molar-refractivity contribution in [3.8, 4) is 51.3 Å². The average Bonchev–Trinajstić information content (AvgIpc) is 1.54. The van der Waals surface area contributed by atoms with Gasteiger partial charge in [0.15, 0.2) is 5.69 Å². The van der Waals surface area contributed by atoms with E-state index >= 15 is 0 Å². The maximum absolute atomic E-state index is 14.7. The van der Waals surface area contributed by atoms with E-state index < -0.39 is 11.7 Å². The Labute approximate surface area is 556 Å². The largest absolute Gasteiger partial charge is 0.416 e. The molecule has 8 nitrogen and oxygen atoms in total. The molecule has 0 aliphatic heterocycles. The lowest BCUT2D eigenvalue weighted by molar-refractivity contribution is -0.137. The first-order chi connectivity index (χ1) is 48.2. The smallest absolute Gasteiger partial charge is 0.309 e. The third-order valence-electron chi connectivity index (χ3n) is 20.3. The zero-order valence-electron chi connectivity index (χ0n) is 52.0. The molecule has 98 heavy (non-hydrogen) atoms. The summed E-state index contributed by atoms with van der Waals surface area (Å²) in [6, 6.07) is 104. The summed E-state index contributed by atoms with van der Waals surface area (Å²) < 4.78 is 57.8. The van der Waals surface area contributed by atoms with Crippen molar-refractivity contribution in [1.82, 2.24) is 27.4 Å². The molecule has 0 N–H and O–H groups in total. The summed E-state index contributed by atoms with van der Waals surface area (Å²) >= 11 is 0. The lowest BCUT2D eigenvalue weighted by Crippen LogP contribution is -2.06. The molecule has 0 aliphatic carbocycles. The highest BCUT2D eigenvalue weighted by molar-refractivity contribution is 6.17. The molecule has 0 amide bonds. The normalized spacial score (nSPS) is 12.2. The molecule has 0 saturated carbocycles. The van der Waals surface area contributed by atoms with Gasteiger partial charge in [0.2, 0.25) is 0 Å². The number of fused-ring (bicyclic) bond motifs is 18. The summed E-state index contributed by atoms with van der Waals surface area (Å²) in [4.78, 5) is 4.25. The molecule has 0 saturated heterocycles. The number of alkyl halides is 3. The van der Waals surface area contributed by atoms with Gasteiger partial charge in [0.05, 0.1) is 101 Å². The number of nitrogens with zero attached hydrogens (tertiary/aromatic N) is 8. The monoisotopic (exact) mass is 1260 g/mol. The van der Waals surface area contributed by atoms with Crippen LogP contribution in [-0.2, 0) is 6.18 Å². The zero-order chi connectivity index (χ0) is 65.2. The molecular weight excluding hydrogens is 1210 g/mol. The predicted octanol–water partition coefficient (Wildman–Crippen LogP) is 23.4. The molecule has 20 aromatic rings. The summed E-state index contributed by atoms with van der Waals surface area (Å²) in [6.07, 6.45) is -4.72. The number of hydrogen-bond acceptors (Lipinski definition) is 1. The molecule has 0 bridgehead atoms. The third kappa shape index (κ3) is 7.81. The number of hydrogen-bond donors (Lipinski definition) is 0. The second-order valence-corrected chi connectivity index (χ2v) is 25.3. The lowest BCUT2D eigenvalue weighted by atomic mass is 9.95. The lowest BCUT2D eigenvalue weighted by Gasteiger charge is -2.20. The molecule has 11 heteroatoms. The first kappa shape index (κ1) is 55.1. The highest BCUT2D eigenvalue weighted by atomic mass is 19.4. The van der Waals surface area contributed by atoms with Crippen LogP contribution in [0.4, 0.5) is 18.9 Å². The fourth-order valence-corrected chi connectivity index (χ4v) is 16.2. The Balaban J connectivity index is 0.924. The van der Waals surface area contributed by atoms with E-state index in [1.165, 1.54) is 6.07 Å². The van der Waals surface area contributed by atoms with Crippen LogP contribution in [0.3, 0.4) is 0 Å².